The van der Waals surface area contributed by atoms with Crippen molar-refractivity contribution in [1.82, 2.24) is 29.5 Å². The van der Waals surface area contributed by atoms with Crippen LogP contribution in [0.4, 0.5) is 5.95 Å². The van der Waals surface area contributed by atoms with Crippen molar-refractivity contribution in [3.63, 3.8) is 0 Å². The molecule has 2 N–H and O–H groups in total. The van der Waals surface area contributed by atoms with Gasteiger partial charge in [-0.05, 0) is 6.42 Å². The highest BCUT2D eigenvalue weighted by Gasteiger charge is 2.09. The molecule has 0 atom stereocenters. The molecule has 2 aromatic rings. The van der Waals surface area contributed by atoms with Crippen LogP contribution in [0.5, 0.6) is 0 Å². The fourth-order valence-corrected chi connectivity index (χ4v) is 2.25. The first-order valence-corrected chi connectivity index (χ1v) is 6.35. The summed E-state index contributed by atoms with van der Waals surface area (Å²) in [5.74, 6) is 2.08. The van der Waals surface area contributed by atoms with Gasteiger partial charge in [-0.2, -0.15) is 5.10 Å². The van der Waals surface area contributed by atoms with Crippen LogP contribution in [0.3, 0.4) is 0 Å². The van der Waals surface area contributed by atoms with E-state index >= 15 is 0 Å². The van der Waals surface area contributed by atoms with Crippen LogP contribution < -0.4 is 5.73 Å². The van der Waals surface area contributed by atoms with Gasteiger partial charge in [-0.3, -0.25) is 4.57 Å². The first kappa shape index (κ1) is 11.9. The summed E-state index contributed by atoms with van der Waals surface area (Å²) in [7, 11) is 1.84. The second-order valence-electron chi connectivity index (χ2n) is 3.59. The highest BCUT2D eigenvalue weighted by atomic mass is 32.2. The number of anilines is 1. The van der Waals surface area contributed by atoms with Crippen LogP contribution in [0.25, 0.3) is 0 Å². The average molecular weight is 253 g/mol. The topological polar surface area (TPSA) is 87.4 Å². The van der Waals surface area contributed by atoms with Crippen molar-refractivity contribution in [2.24, 2.45) is 7.05 Å². The standard InChI is InChI=1S/C9H15N7S/c1-3-4-16-7(11-6-12-16)5-17-9-14-13-8(10)15(9)2/h6H,3-5H2,1-2H3,(H2,10,13). The summed E-state index contributed by atoms with van der Waals surface area (Å²) in [6, 6.07) is 0. The third-order valence-electron chi connectivity index (χ3n) is 2.33. The molecular weight excluding hydrogens is 238 g/mol. The van der Waals surface area contributed by atoms with Crippen molar-refractivity contribution >= 4 is 17.7 Å². The zero-order valence-electron chi connectivity index (χ0n) is 9.87. The van der Waals surface area contributed by atoms with Gasteiger partial charge in [-0.1, -0.05) is 18.7 Å². The van der Waals surface area contributed by atoms with Crippen molar-refractivity contribution in [3.05, 3.63) is 12.2 Å². The molecule has 0 saturated carbocycles. The van der Waals surface area contributed by atoms with Crippen molar-refractivity contribution in [1.29, 1.82) is 0 Å². The van der Waals surface area contributed by atoms with E-state index in [2.05, 4.69) is 27.2 Å². The SMILES string of the molecule is CCCn1ncnc1CSc1nnc(N)n1C. The largest absolute Gasteiger partial charge is 0.368 e. The number of rotatable bonds is 5. The Kier molecular flexibility index (Phi) is 3.62. The maximum atomic E-state index is 5.61. The van der Waals surface area contributed by atoms with Crippen LogP contribution in [0.2, 0.25) is 0 Å². The molecule has 0 aliphatic carbocycles. The lowest BCUT2D eigenvalue weighted by Gasteiger charge is -2.03. The summed E-state index contributed by atoms with van der Waals surface area (Å²) < 4.78 is 3.66. The molecule has 0 aromatic carbocycles. The monoisotopic (exact) mass is 253 g/mol. The number of thioether (sulfide) groups is 1. The quantitative estimate of drug-likeness (QED) is 0.789. The molecule has 0 aliphatic heterocycles. The molecule has 17 heavy (non-hydrogen) atoms. The van der Waals surface area contributed by atoms with Crippen LogP contribution in [0.1, 0.15) is 19.2 Å². The number of nitrogens with zero attached hydrogens (tertiary/aromatic N) is 6. The van der Waals surface area contributed by atoms with E-state index in [1.807, 2.05) is 11.7 Å². The van der Waals surface area contributed by atoms with Gasteiger partial charge in [-0.15, -0.1) is 10.2 Å². The summed E-state index contributed by atoms with van der Waals surface area (Å²) in [5, 5.41) is 12.7. The summed E-state index contributed by atoms with van der Waals surface area (Å²) in [6.07, 6.45) is 2.62. The van der Waals surface area contributed by atoms with Crippen LogP contribution in [0, 0.1) is 0 Å². The lowest BCUT2D eigenvalue weighted by atomic mass is 10.5. The van der Waals surface area contributed by atoms with Crippen LogP contribution in [-0.4, -0.2) is 29.5 Å². The van der Waals surface area contributed by atoms with Crippen molar-refractivity contribution in [3.8, 4) is 0 Å². The number of hydrogen-bond acceptors (Lipinski definition) is 6. The van der Waals surface area contributed by atoms with E-state index in [1.54, 1.807) is 22.7 Å². The molecule has 0 amide bonds. The Hall–Kier alpha value is -1.57. The van der Waals surface area contributed by atoms with Crippen LogP contribution in [0.15, 0.2) is 11.5 Å². The van der Waals surface area contributed by atoms with Gasteiger partial charge in [0.05, 0.1) is 5.75 Å². The first-order chi connectivity index (χ1) is 8.22. The van der Waals surface area contributed by atoms with E-state index in [-0.39, 0.29) is 0 Å². The second-order valence-corrected chi connectivity index (χ2v) is 4.53. The Labute approximate surface area is 103 Å². The fraction of sp³-hybridized carbons (Fsp3) is 0.556. The van der Waals surface area contributed by atoms with Gasteiger partial charge in [0.15, 0.2) is 5.16 Å². The third-order valence-corrected chi connectivity index (χ3v) is 3.35. The Balaban J connectivity index is 2.02. The number of nitrogens with two attached hydrogens (primary N) is 1. The zero-order valence-corrected chi connectivity index (χ0v) is 10.7. The smallest absolute Gasteiger partial charge is 0.222 e. The molecule has 2 heterocycles. The minimum atomic E-state index is 0.419. The van der Waals surface area contributed by atoms with Gasteiger partial charge in [0, 0.05) is 13.6 Å². The third kappa shape index (κ3) is 2.57. The van der Waals surface area contributed by atoms with Crippen molar-refractivity contribution in [2.45, 2.75) is 30.8 Å². The maximum absolute atomic E-state index is 5.61. The first-order valence-electron chi connectivity index (χ1n) is 5.36. The van der Waals surface area contributed by atoms with Gasteiger partial charge >= 0.3 is 0 Å². The molecule has 0 unspecified atom stereocenters. The molecule has 0 saturated heterocycles. The average Bonchev–Trinajstić information content (AvgIpc) is 2.87. The molecular formula is C9H15N7S. The van der Waals surface area contributed by atoms with Gasteiger partial charge in [0.1, 0.15) is 12.2 Å². The number of hydrogen-bond donors (Lipinski definition) is 1. The highest BCUT2D eigenvalue weighted by molar-refractivity contribution is 7.98. The number of aryl methyl sites for hydroxylation is 1. The normalized spacial score (nSPS) is 10.9. The minimum Gasteiger partial charge on any atom is -0.368 e. The van der Waals surface area contributed by atoms with Gasteiger partial charge in [-0.25, -0.2) is 9.67 Å². The highest BCUT2D eigenvalue weighted by Crippen LogP contribution is 2.20. The van der Waals surface area contributed by atoms with E-state index < -0.39 is 0 Å². The summed E-state index contributed by atoms with van der Waals surface area (Å²) in [6.45, 7) is 3.00. The molecule has 0 radical (unpaired) electrons. The number of aromatic nitrogens is 6. The van der Waals surface area contributed by atoms with E-state index in [9.17, 15) is 0 Å². The van der Waals surface area contributed by atoms with E-state index in [0.29, 0.717) is 11.7 Å². The summed E-state index contributed by atoms with van der Waals surface area (Å²) >= 11 is 1.55. The lowest BCUT2D eigenvalue weighted by molar-refractivity contribution is 0.581. The molecule has 92 valence electrons. The summed E-state index contributed by atoms with van der Waals surface area (Å²) in [5.41, 5.74) is 5.61. The Morgan fingerprint density at radius 3 is 2.88 bits per heavy atom. The van der Waals surface area contributed by atoms with Crippen molar-refractivity contribution < 1.29 is 0 Å². The molecule has 0 bridgehead atoms. The van der Waals surface area contributed by atoms with Gasteiger partial charge < -0.3 is 5.73 Å². The maximum Gasteiger partial charge on any atom is 0.222 e. The van der Waals surface area contributed by atoms with E-state index in [1.165, 1.54) is 0 Å². The van der Waals surface area contributed by atoms with Crippen LogP contribution >= 0.6 is 11.8 Å². The minimum absolute atomic E-state index is 0.419. The van der Waals surface area contributed by atoms with Gasteiger partial charge in [0.25, 0.3) is 0 Å². The molecule has 2 aromatic heterocycles. The molecule has 2 rings (SSSR count). The van der Waals surface area contributed by atoms with Crippen molar-refractivity contribution in [2.75, 3.05) is 5.73 Å². The molecule has 0 aliphatic rings. The predicted molar refractivity (Wildman–Crippen MR) is 65.3 cm³/mol. The molecule has 0 fully saturated rings. The second kappa shape index (κ2) is 5.17. The predicted octanol–water partition coefficient (Wildman–Crippen LogP) is 0.691. The Morgan fingerprint density at radius 1 is 1.41 bits per heavy atom. The molecule has 8 heteroatoms. The lowest BCUT2D eigenvalue weighted by Crippen LogP contribution is -2.04. The fourth-order valence-electron chi connectivity index (χ4n) is 1.38. The Morgan fingerprint density at radius 2 is 2.24 bits per heavy atom. The molecule has 7 nitrogen and oxygen atoms in total. The van der Waals surface area contributed by atoms with E-state index in [4.69, 9.17) is 5.73 Å². The van der Waals surface area contributed by atoms with E-state index in [0.717, 1.165) is 23.9 Å². The van der Waals surface area contributed by atoms with Crippen LogP contribution in [-0.2, 0) is 19.3 Å². The zero-order chi connectivity index (χ0) is 12.3. The summed E-state index contributed by atoms with van der Waals surface area (Å²) in [4.78, 5) is 4.23. The molecule has 0 spiro atoms. The van der Waals surface area contributed by atoms with Gasteiger partial charge in [0.2, 0.25) is 5.95 Å². The Bertz CT molecular complexity index is 489. The number of nitrogen functional groups attached to an aromatic ring is 1.